The zero-order chi connectivity index (χ0) is 15.2. The molecule has 0 bridgehead atoms. The van der Waals surface area contributed by atoms with Crippen molar-refractivity contribution >= 4 is 5.91 Å². The number of nitrogens with one attached hydrogen (secondary N) is 1. The van der Waals surface area contributed by atoms with Gasteiger partial charge in [-0.2, -0.15) is 0 Å². The molecule has 1 amide bonds. The van der Waals surface area contributed by atoms with Crippen molar-refractivity contribution in [1.82, 2.24) is 10.2 Å². The quantitative estimate of drug-likeness (QED) is 0.810. The highest BCUT2D eigenvalue weighted by Gasteiger charge is 2.27. The predicted octanol–water partition coefficient (Wildman–Crippen LogP) is 0.745. The lowest BCUT2D eigenvalue weighted by Crippen LogP contribution is -2.52. The van der Waals surface area contributed by atoms with Crippen LogP contribution >= 0.6 is 0 Å². The van der Waals surface area contributed by atoms with Crippen LogP contribution in [0.2, 0.25) is 0 Å². The number of furan rings is 1. The largest absolute Gasteiger partial charge is 0.462 e. The Labute approximate surface area is 125 Å². The molecule has 2 N–H and O–H groups in total. The minimum absolute atomic E-state index is 0.111. The standard InChI is InChI=1S/C15H24N2O4/c1-11(2)14(15(19)17-5-7-20-8-6-17)16-9-12-3-4-13(10-18)21-12/h3-4,11,14,16,18H,5-10H2,1-2H3. The molecule has 0 saturated carbocycles. The van der Waals surface area contributed by atoms with Gasteiger partial charge in [0.15, 0.2) is 0 Å². The molecule has 2 rings (SSSR count). The Morgan fingerprint density at radius 2 is 2.00 bits per heavy atom. The van der Waals surface area contributed by atoms with Gasteiger partial charge in [0, 0.05) is 13.1 Å². The van der Waals surface area contributed by atoms with Crippen molar-refractivity contribution in [2.45, 2.75) is 33.0 Å². The molecule has 1 aliphatic heterocycles. The first-order valence-corrected chi connectivity index (χ1v) is 7.40. The topological polar surface area (TPSA) is 74.9 Å². The Kier molecular flexibility index (Phi) is 5.78. The van der Waals surface area contributed by atoms with Crippen LogP contribution in [0.15, 0.2) is 16.5 Å². The number of carbonyl (C=O) groups excluding carboxylic acids is 1. The average molecular weight is 296 g/mol. The molecule has 0 aliphatic carbocycles. The maximum Gasteiger partial charge on any atom is 0.240 e. The van der Waals surface area contributed by atoms with E-state index in [4.69, 9.17) is 14.3 Å². The summed E-state index contributed by atoms with van der Waals surface area (Å²) in [7, 11) is 0. The highest BCUT2D eigenvalue weighted by molar-refractivity contribution is 5.82. The van der Waals surface area contributed by atoms with E-state index >= 15 is 0 Å². The Bertz CT molecular complexity index is 452. The number of amides is 1. The molecule has 118 valence electrons. The molecular formula is C15H24N2O4. The van der Waals surface area contributed by atoms with Crippen LogP contribution in [-0.4, -0.2) is 48.3 Å². The number of aliphatic hydroxyl groups excluding tert-OH is 1. The molecule has 0 radical (unpaired) electrons. The molecule has 1 aromatic heterocycles. The second-order valence-electron chi connectivity index (χ2n) is 5.57. The third kappa shape index (κ3) is 4.30. The lowest BCUT2D eigenvalue weighted by Gasteiger charge is -2.32. The summed E-state index contributed by atoms with van der Waals surface area (Å²) in [6.07, 6.45) is 0. The van der Waals surface area contributed by atoms with E-state index in [1.165, 1.54) is 0 Å². The van der Waals surface area contributed by atoms with Crippen LogP contribution in [0.4, 0.5) is 0 Å². The monoisotopic (exact) mass is 296 g/mol. The molecule has 2 heterocycles. The van der Waals surface area contributed by atoms with Gasteiger partial charge in [-0.25, -0.2) is 0 Å². The average Bonchev–Trinajstić information content (AvgIpc) is 2.96. The van der Waals surface area contributed by atoms with E-state index in [-0.39, 0.29) is 24.5 Å². The number of hydrogen-bond donors (Lipinski definition) is 2. The van der Waals surface area contributed by atoms with Crippen molar-refractivity contribution in [3.63, 3.8) is 0 Å². The highest BCUT2D eigenvalue weighted by atomic mass is 16.5. The first-order valence-electron chi connectivity index (χ1n) is 7.40. The minimum Gasteiger partial charge on any atom is -0.462 e. The Morgan fingerprint density at radius 3 is 2.57 bits per heavy atom. The Balaban J connectivity index is 1.93. The van der Waals surface area contributed by atoms with Gasteiger partial charge in [0.1, 0.15) is 18.1 Å². The fourth-order valence-corrected chi connectivity index (χ4v) is 2.40. The Hall–Kier alpha value is -1.37. The van der Waals surface area contributed by atoms with Crippen LogP contribution in [0.1, 0.15) is 25.4 Å². The number of morpholine rings is 1. The third-order valence-electron chi connectivity index (χ3n) is 3.62. The molecule has 6 heteroatoms. The number of ether oxygens (including phenoxy) is 1. The highest BCUT2D eigenvalue weighted by Crippen LogP contribution is 2.12. The van der Waals surface area contributed by atoms with Gasteiger partial charge < -0.3 is 19.2 Å². The lowest BCUT2D eigenvalue weighted by molar-refractivity contribution is -0.138. The SMILES string of the molecule is CC(C)C(NCc1ccc(CO)o1)C(=O)N1CCOCC1. The molecule has 0 aromatic carbocycles. The normalized spacial score (nSPS) is 17.2. The van der Waals surface area contributed by atoms with E-state index < -0.39 is 0 Å². The van der Waals surface area contributed by atoms with E-state index in [0.29, 0.717) is 38.6 Å². The molecule has 1 unspecified atom stereocenters. The van der Waals surface area contributed by atoms with E-state index in [0.717, 1.165) is 5.76 Å². The van der Waals surface area contributed by atoms with Crippen molar-refractivity contribution in [2.75, 3.05) is 26.3 Å². The number of carbonyl (C=O) groups is 1. The molecule has 1 aromatic rings. The number of rotatable bonds is 6. The molecular weight excluding hydrogens is 272 g/mol. The summed E-state index contributed by atoms with van der Waals surface area (Å²) in [4.78, 5) is 14.4. The molecule has 1 atom stereocenters. The van der Waals surface area contributed by atoms with E-state index in [1.807, 2.05) is 24.8 Å². The fourth-order valence-electron chi connectivity index (χ4n) is 2.40. The first kappa shape index (κ1) is 16.0. The van der Waals surface area contributed by atoms with Crippen molar-refractivity contribution in [3.05, 3.63) is 23.7 Å². The minimum atomic E-state index is -0.245. The van der Waals surface area contributed by atoms with Crippen molar-refractivity contribution in [1.29, 1.82) is 0 Å². The summed E-state index contributed by atoms with van der Waals surface area (Å²) in [5.41, 5.74) is 0. The summed E-state index contributed by atoms with van der Waals surface area (Å²) in [6, 6.07) is 3.31. The van der Waals surface area contributed by atoms with Gasteiger partial charge >= 0.3 is 0 Å². The fraction of sp³-hybridized carbons (Fsp3) is 0.667. The zero-order valence-corrected chi connectivity index (χ0v) is 12.7. The Morgan fingerprint density at radius 1 is 1.33 bits per heavy atom. The van der Waals surface area contributed by atoms with Gasteiger partial charge in [0.2, 0.25) is 5.91 Å². The van der Waals surface area contributed by atoms with Gasteiger partial charge in [-0.15, -0.1) is 0 Å². The van der Waals surface area contributed by atoms with Crippen molar-refractivity contribution < 1.29 is 19.1 Å². The molecule has 1 saturated heterocycles. The summed E-state index contributed by atoms with van der Waals surface area (Å²) < 4.78 is 10.7. The second-order valence-corrected chi connectivity index (χ2v) is 5.57. The summed E-state index contributed by atoms with van der Waals surface area (Å²) in [5.74, 6) is 1.56. The van der Waals surface area contributed by atoms with Gasteiger partial charge in [-0.3, -0.25) is 10.1 Å². The maximum absolute atomic E-state index is 12.6. The van der Waals surface area contributed by atoms with Crippen molar-refractivity contribution in [3.8, 4) is 0 Å². The lowest BCUT2D eigenvalue weighted by atomic mass is 10.0. The van der Waals surface area contributed by atoms with Crippen molar-refractivity contribution in [2.24, 2.45) is 5.92 Å². The van der Waals surface area contributed by atoms with E-state index in [2.05, 4.69) is 5.32 Å². The van der Waals surface area contributed by atoms with Crippen LogP contribution in [0.5, 0.6) is 0 Å². The second kappa shape index (κ2) is 7.59. The first-order chi connectivity index (χ1) is 10.1. The van der Waals surface area contributed by atoms with Gasteiger partial charge in [0.25, 0.3) is 0 Å². The summed E-state index contributed by atoms with van der Waals surface area (Å²) >= 11 is 0. The number of aliphatic hydroxyl groups is 1. The zero-order valence-electron chi connectivity index (χ0n) is 12.7. The molecule has 0 spiro atoms. The smallest absolute Gasteiger partial charge is 0.240 e. The van der Waals surface area contributed by atoms with Gasteiger partial charge in [-0.1, -0.05) is 13.8 Å². The van der Waals surface area contributed by atoms with Crippen LogP contribution < -0.4 is 5.32 Å². The number of nitrogens with zero attached hydrogens (tertiary/aromatic N) is 1. The van der Waals surface area contributed by atoms with E-state index in [9.17, 15) is 4.79 Å². The van der Waals surface area contributed by atoms with Gasteiger partial charge in [-0.05, 0) is 18.1 Å². The molecule has 21 heavy (non-hydrogen) atoms. The number of hydrogen-bond acceptors (Lipinski definition) is 5. The van der Waals surface area contributed by atoms with Crippen LogP contribution in [0.3, 0.4) is 0 Å². The van der Waals surface area contributed by atoms with Crippen LogP contribution in [-0.2, 0) is 22.7 Å². The summed E-state index contributed by atoms with van der Waals surface area (Å²) in [5, 5.41) is 12.3. The van der Waals surface area contributed by atoms with E-state index in [1.54, 1.807) is 6.07 Å². The van der Waals surface area contributed by atoms with Crippen LogP contribution in [0.25, 0.3) is 0 Å². The molecule has 6 nitrogen and oxygen atoms in total. The molecule has 1 fully saturated rings. The maximum atomic E-state index is 12.6. The predicted molar refractivity (Wildman–Crippen MR) is 77.5 cm³/mol. The third-order valence-corrected chi connectivity index (χ3v) is 3.62. The summed E-state index contributed by atoms with van der Waals surface area (Å²) in [6.45, 7) is 6.93. The van der Waals surface area contributed by atoms with Crippen LogP contribution in [0, 0.1) is 5.92 Å². The van der Waals surface area contributed by atoms with Gasteiger partial charge in [0.05, 0.1) is 25.8 Å². The molecule has 1 aliphatic rings.